The first-order valence-corrected chi connectivity index (χ1v) is 23.9. The molecule has 15 heteroatoms. The zero-order chi connectivity index (χ0) is 46.8. The van der Waals surface area contributed by atoms with E-state index in [0.717, 1.165) is 78.0 Å². The maximum absolute atomic E-state index is 14.2. The Morgan fingerprint density at radius 2 is 1.59 bits per heavy atom. The number of fused-ring (bicyclic) bond motifs is 3. The van der Waals surface area contributed by atoms with E-state index in [4.69, 9.17) is 20.5 Å². The van der Waals surface area contributed by atoms with E-state index in [0.29, 0.717) is 24.4 Å². The summed E-state index contributed by atoms with van der Waals surface area (Å²) < 4.78 is 7.07. The fourth-order valence-corrected chi connectivity index (χ4v) is 10.7. The summed E-state index contributed by atoms with van der Waals surface area (Å²) in [5.41, 5.74) is 18.5. The second kappa shape index (κ2) is 19.5. The van der Waals surface area contributed by atoms with E-state index in [1.165, 1.54) is 18.2 Å². The predicted octanol–water partition coefficient (Wildman–Crippen LogP) is 9.07. The molecule has 3 aromatic heterocycles. The second-order valence-electron chi connectivity index (χ2n) is 17.2. The van der Waals surface area contributed by atoms with E-state index in [9.17, 15) is 14.4 Å². The number of aliphatic imine (C=N–C) groups is 2. The first-order chi connectivity index (χ1) is 31.8. The minimum atomic E-state index is -0.695. The largest absolute Gasteiger partial charge is 0.469 e. The van der Waals surface area contributed by atoms with E-state index < -0.39 is 18.1 Å². The van der Waals surface area contributed by atoms with Gasteiger partial charge in [0.1, 0.15) is 29.0 Å². The number of hydrogen-bond donors (Lipinski definition) is 2. The third kappa shape index (κ3) is 9.14. The Bertz CT molecular complexity index is 2850. The van der Waals surface area contributed by atoms with Crippen molar-refractivity contribution in [2.75, 3.05) is 13.7 Å². The first-order valence-electron chi connectivity index (χ1n) is 22.2. The number of methoxy groups -OCH3 is 1. The minimum Gasteiger partial charge on any atom is -0.469 e. The van der Waals surface area contributed by atoms with Gasteiger partial charge < -0.3 is 20.7 Å². The molecule has 3 aromatic carbocycles. The number of esters is 1. The molecule has 3 unspecified atom stereocenters. The van der Waals surface area contributed by atoms with Crippen LogP contribution in [0.4, 0.5) is 0 Å². The lowest BCUT2D eigenvalue weighted by molar-refractivity contribution is -0.141. The third-order valence-electron chi connectivity index (χ3n) is 12.6. The van der Waals surface area contributed by atoms with E-state index in [-0.39, 0.29) is 36.2 Å². The Morgan fingerprint density at radius 1 is 0.924 bits per heavy atom. The summed E-state index contributed by atoms with van der Waals surface area (Å²) in [6.45, 7) is 14.5. The van der Waals surface area contributed by atoms with E-state index in [1.54, 1.807) is 33.8 Å². The fourth-order valence-electron chi connectivity index (χ4n) is 8.71. The zero-order valence-corrected chi connectivity index (χ0v) is 40.2. The van der Waals surface area contributed by atoms with Gasteiger partial charge in [0, 0.05) is 40.5 Å². The van der Waals surface area contributed by atoms with Gasteiger partial charge in [-0.1, -0.05) is 86.6 Å². The number of allylic oxidation sites excluding steroid dienone is 1. The number of carbonyl (C=O) groups is 3. The molecular formula is C51H55N9O4S2. The number of benzene rings is 3. The van der Waals surface area contributed by atoms with Crippen molar-refractivity contribution in [3.63, 3.8) is 0 Å². The van der Waals surface area contributed by atoms with Gasteiger partial charge in [0.05, 0.1) is 41.4 Å². The van der Waals surface area contributed by atoms with Crippen molar-refractivity contribution in [3.05, 3.63) is 135 Å². The number of ether oxygens (including phenoxy) is 1. The molecule has 0 bridgehead atoms. The highest BCUT2D eigenvalue weighted by Crippen LogP contribution is 2.40. The molecule has 2 amide bonds. The number of nitrogens with one attached hydrogen (secondary N) is 1. The number of amides is 2. The second-order valence-corrected chi connectivity index (χ2v) is 19.3. The highest BCUT2D eigenvalue weighted by molar-refractivity contribution is 7.15. The van der Waals surface area contributed by atoms with E-state index >= 15 is 0 Å². The molecule has 0 aliphatic carbocycles. The van der Waals surface area contributed by atoms with Crippen molar-refractivity contribution >= 4 is 58.0 Å². The molecule has 13 nitrogen and oxygen atoms in total. The lowest BCUT2D eigenvalue weighted by Crippen LogP contribution is -2.50. The summed E-state index contributed by atoms with van der Waals surface area (Å²) in [5.74, 6) is 0.523. The van der Waals surface area contributed by atoms with Gasteiger partial charge in [0.15, 0.2) is 5.82 Å². The SMILES string of the molecule is COC(=O)CC1N=C(c2ccc(-c3ccc(C(C=NC(C(=O)N4CCC[C@H]4C(=O)NC(C)c4ccc(-c5scnc5C)cc4)C(C)C)=CN)cc3)cc2)c2c(sc(C)c2C)-n2c(C)nnc21. The first kappa shape index (κ1) is 46.0. The monoisotopic (exact) mass is 921 g/mol. The highest BCUT2D eigenvalue weighted by Gasteiger charge is 2.38. The number of carbonyl (C=O) groups excluding carboxylic acids is 3. The average Bonchev–Trinajstić information content (AvgIpc) is 4.12. The van der Waals surface area contributed by atoms with Gasteiger partial charge in [0.25, 0.3) is 0 Å². The number of rotatable bonds is 13. The molecule has 3 N–H and O–H groups in total. The van der Waals surface area contributed by atoms with Crippen LogP contribution >= 0.6 is 22.7 Å². The Labute approximate surface area is 393 Å². The van der Waals surface area contributed by atoms with Crippen LogP contribution in [0.3, 0.4) is 0 Å². The lowest BCUT2D eigenvalue weighted by Gasteiger charge is -2.29. The number of nitrogens with two attached hydrogens (primary N) is 1. The van der Waals surface area contributed by atoms with Crippen LogP contribution in [0.2, 0.25) is 0 Å². The summed E-state index contributed by atoms with van der Waals surface area (Å²) in [5, 5.41) is 13.0. The van der Waals surface area contributed by atoms with E-state index in [1.807, 2.05) is 81.1 Å². The summed E-state index contributed by atoms with van der Waals surface area (Å²) in [4.78, 5) is 58.8. The number of likely N-dealkylation sites (tertiary alicyclic amines) is 1. The Kier molecular flexibility index (Phi) is 13.6. The van der Waals surface area contributed by atoms with Crippen molar-refractivity contribution in [2.45, 2.75) is 91.9 Å². The molecule has 0 spiro atoms. The van der Waals surface area contributed by atoms with Crippen LogP contribution in [0.25, 0.3) is 32.1 Å². The predicted molar refractivity (Wildman–Crippen MR) is 263 cm³/mol. The summed E-state index contributed by atoms with van der Waals surface area (Å²) in [6, 6.07) is 22.4. The molecule has 5 heterocycles. The molecule has 340 valence electrons. The van der Waals surface area contributed by atoms with Gasteiger partial charge in [-0.15, -0.1) is 32.9 Å². The Hall–Kier alpha value is -6.58. The van der Waals surface area contributed by atoms with Gasteiger partial charge in [-0.3, -0.25) is 28.9 Å². The molecule has 6 aromatic rings. The van der Waals surface area contributed by atoms with Crippen LogP contribution in [0.1, 0.15) is 102 Å². The van der Waals surface area contributed by atoms with Crippen LogP contribution in [-0.4, -0.2) is 80.1 Å². The maximum Gasteiger partial charge on any atom is 0.308 e. The number of thiophene rings is 1. The molecule has 2 aliphatic heterocycles. The molecule has 1 fully saturated rings. The number of thiazole rings is 1. The van der Waals surface area contributed by atoms with Crippen LogP contribution in [-0.2, 0) is 19.1 Å². The third-order valence-corrected chi connectivity index (χ3v) is 14.8. The van der Waals surface area contributed by atoms with Crippen molar-refractivity contribution in [2.24, 2.45) is 21.6 Å². The van der Waals surface area contributed by atoms with Gasteiger partial charge in [-0.25, -0.2) is 4.98 Å². The maximum atomic E-state index is 14.2. The van der Waals surface area contributed by atoms with Crippen LogP contribution in [0.15, 0.2) is 94.5 Å². The van der Waals surface area contributed by atoms with Crippen LogP contribution in [0, 0.1) is 33.6 Å². The lowest BCUT2D eigenvalue weighted by atomic mass is 9.96. The molecule has 0 saturated carbocycles. The van der Waals surface area contributed by atoms with Crippen LogP contribution in [0.5, 0.6) is 0 Å². The highest BCUT2D eigenvalue weighted by atomic mass is 32.1. The molecule has 0 radical (unpaired) electrons. The fraction of sp³-hybridized carbons (Fsp3) is 0.333. The average molecular weight is 922 g/mol. The minimum absolute atomic E-state index is 0.0388. The number of hydrogen-bond acceptors (Lipinski definition) is 12. The Morgan fingerprint density at radius 3 is 2.23 bits per heavy atom. The number of aromatic nitrogens is 4. The summed E-state index contributed by atoms with van der Waals surface area (Å²) >= 11 is 3.28. The summed E-state index contributed by atoms with van der Waals surface area (Å²) in [6.07, 6.45) is 4.54. The zero-order valence-electron chi connectivity index (χ0n) is 38.5. The quantitative estimate of drug-likeness (QED) is 0.0854. The van der Waals surface area contributed by atoms with Crippen molar-refractivity contribution in [1.82, 2.24) is 30.0 Å². The van der Waals surface area contributed by atoms with E-state index in [2.05, 4.69) is 70.7 Å². The Balaban J connectivity index is 0.952. The van der Waals surface area contributed by atoms with Crippen molar-refractivity contribution < 1.29 is 19.1 Å². The normalized spacial score (nSPS) is 17.0. The van der Waals surface area contributed by atoms with Crippen molar-refractivity contribution in [1.29, 1.82) is 0 Å². The van der Waals surface area contributed by atoms with Gasteiger partial charge >= 0.3 is 5.97 Å². The topological polar surface area (TPSA) is 170 Å². The standard InChI is InChI=1S/C51H55N9O4S2/c1-28(2)45(50(63)59-23-9-10-42(59)49(62)55-30(4)34-11-21-39(22-12-34)47-31(5)54-27-65-47)53-26-40(25-52)37-15-13-35(14-16-37)36-17-19-38(20-18-36)46-44-29(3)32(6)66-51(44)60-33(7)57-58-48(60)41(56-46)24-43(61)64-8/h11-22,25-28,30,41-42,45H,9-10,23-24,52H2,1-8H3,(H,55,62)/t30?,41?,42-,45?/m0/s1. The number of aryl methyl sites for hydroxylation is 3. The smallest absolute Gasteiger partial charge is 0.308 e. The molecule has 66 heavy (non-hydrogen) atoms. The van der Waals surface area contributed by atoms with Gasteiger partial charge in [-0.05, 0) is 86.8 Å². The van der Waals surface area contributed by atoms with Crippen LogP contribution < -0.4 is 11.1 Å². The van der Waals surface area contributed by atoms with Crippen molar-refractivity contribution in [3.8, 4) is 26.6 Å². The molecule has 4 atom stereocenters. The number of nitrogens with zero attached hydrogens (tertiary/aromatic N) is 7. The van der Waals surface area contributed by atoms with Gasteiger partial charge in [0.2, 0.25) is 11.8 Å². The summed E-state index contributed by atoms with van der Waals surface area (Å²) in [7, 11) is 1.38. The molecule has 2 aliphatic rings. The molecular weight excluding hydrogens is 867 g/mol. The molecule has 8 rings (SSSR count). The molecule has 1 saturated heterocycles. The van der Waals surface area contributed by atoms with Gasteiger partial charge in [-0.2, -0.15) is 0 Å².